The topological polar surface area (TPSA) is 65.5 Å². The summed E-state index contributed by atoms with van der Waals surface area (Å²) in [5, 5.41) is 7.07. The van der Waals surface area contributed by atoms with Crippen molar-refractivity contribution >= 4 is 34.9 Å². The average Bonchev–Trinajstić information content (AvgIpc) is 3.26. The maximum Gasteiger partial charge on any atom is 0.232 e. The van der Waals surface area contributed by atoms with Crippen LogP contribution in [0.4, 0.5) is 17.6 Å². The number of anilines is 3. The van der Waals surface area contributed by atoms with E-state index in [2.05, 4.69) is 40.3 Å². The van der Waals surface area contributed by atoms with Crippen LogP contribution in [0.15, 0.2) is 6.07 Å². The molecule has 3 saturated heterocycles. The Kier molecular flexibility index (Phi) is 7.25. The molecule has 0 saturated carbocycles. The lowest BCUT2D eigenvalue weighted by Crippen LogP contribution is -2.38. The summed E-state index contributed by atoms with van der Waals surface area (Å²) in [5.74, 6) is 3.99. The molecule has 3 atom stereocenters. The summed E-state index contributed by atoms with van der Waals surface area (Å²) in [6.07, 6.45) is 7.48. The highest BCUT2D eigenvalue weighted by Gasteiger charge is 2.23. The maximum atomic E-state index is 5.68. The Bertz CT molecular complexity index is 685. The largest absolute Gasteiger partial charge is 0.376 e. The van der Waals surface area contributed by atoms with Crippen LogP contribution in [-0.4, -0.2) is 60.5 Å². The van der Waals surface area contributed by atoms with E-state index in [-0.39, 0.29) is 6.10 Å². The highest BCUT2D eigenvalue weighted by atomic mass is 32.1. The summed E-state index contributed by atoms with van der Waals surface area (Å²) in [4.78, 5) is 14.5. The molecule has 3 aliphatic rings. The third-order valence-corrected chi connectivity index (χ3v) is 6.65. The Hall–Kier alpha value is -1.67. The Labute approximate surface area is 186 Å². The van der Waals surface area contributed by atoms with Gasteiger partial charge in [-0.3, -0.25) is 0 Å². The lowest BCUT2D eigenvalue weighted by molar-refractivity contribution is 0.114. The van der Waals surface area contributed by atoms with E-state index in [0.717, 1.165) is 63.8 Å². The maximum absolute atomic E-state index is 5.68. The number of thiocarbonyl (C=S) groups is 1. The minimum absolute atomic E-state index is 0.247. The molecule has 0 aliphatic carbocycles. The van der Waals surface area contributed by atoms with Crippen LogP contribution >= 0.6 is 12.2 Å². The molecule has 3 fully saturated rings. The van der Waals surface area contributed by atoms with Gasteiger partial charge in [0.2, 0.25) is 5.95 Å². The van der Waals surface area contributed by atoms with Crippen molar-refractivity contribution in [2.45, 2.75) is 58.5 Å². The van der Waals surface area contributed by atoms with Gasteiger partial charge in [0.1, 0.15) is 11.6 Å². The van der Waals surface area contributed by atoms with Crippen molar-refractivity contribution in [3.63, 3.8) is 0 Å². The van der Waals surface area contributed by atoms with Gasteiger partial charge in [-0.25, -0.2) is 0 Å². The van der Waals surface area contributed by atoms with Crippen molar-refractivity contribution in [3.8, 4) is 0 Å². The molecule has 4 heterocycles. The standard InChI is InChI=1S/C22H36N6OS/c1-16-6-3-9-27(14-16)19-12-20(28-10-4-7-17(2)15-28)25-21(24-19)26-22(30)23-13-18-8-5-11-29-18/h12,16-18H,3-11,13-15H2,1-2H3,(H2,23,24,25,26,30). The highest BCUT2D eigenvalue weighted by Crippen LogP contribution is 2.28. The van der Waals surface area contributed by atoms with Gasteiger partial charge >= 0.3 is 0 Å². The molecule has 4 rings (SSSR count). The molecular formula is C22H36N6OS. The van der Waals surface area contributed by atoms with E-state index in [9.17, 15) is 0 Å². The van der Waals surface area contributed by atoms with Crippen LogP contribution in [0.25, 0.3) is 0 Å². The summed E-state index contributed by atoms with van der Waals surface area (Å²) in [6.45, 7) is 10.4. The van der Waals surface area contributed by atoms with Crippen molar-refractivity contribution in [3.05, 3.63) is 6.07 Å². The minimum Gasteiger partial charge on any atom is -0.376 e. The average molecular weight is 433 g/mol. The zero-order chi connectivity index (χ0) is 20.9. The normalized spacial score (nSPS) is 27.2. The van der Waals surface area contributed by atoms with Crippen LogP contribution < -0.4 is 20.4 Å². The van der Waals surface area contributed by atoms with Crippen molar-refractivity contribution < 1.29 is 4.74 Å². The van der Waals surface area contributed by atoms with E-state index in [0.29, 0.717) is 22.9 Å². The van der Waals surface area contributed by atoms with E-state index in [1.54, 1.807) is 0 Å². The first-order valence-corrected chi connectivity index (χ1v) is 12.0. The zero-order valence-corrected chi connectivity index (χ0v) is 19.2. The fourth-order valence-corrected chi connectivity index (χ4v) is 4.93. The fraction of sp³-hybridized carbons (Fsp3) is 0.773. The monoisotopic (exact) mass is 432 g/mol. The van der Waals surface area contributed by atoms with Crippen molar-refractivity contribution in [2.24, 2.45) is 11.8 Å². The quantitative estimate of drug-likeness (QED) is 0.686. The van der Waals surface area contributed by atoms with Gasteiger partial charge in [-0.05, 0) is 62.6 Å². The summed E-state index contributed by atoms with van der Waals surface area (Å²) in [7, 11) is 0. The van der Waals surface area contributed by atoms with E-state index in [4.69, 9.17) is 26.9 Å². The molecule has 0 amide bonds. The fourth-order valence-electron chi connectivity index (χ4n) is 4.75. The van der Waals surface area contributed by atoms with Crippen LogP contribution in [0.3, 0.4) is 0 Å². The summed E-state index contributed by atoms with van der Waals surface area (Å²) >= 11 is 5.52. The minimum atomic E-state index is 0.247. The molecule has 0 aromatic carbocycles. The molecule has 1 aromatic heterocycles. The van der Waals surface area contributed by atoms with Gasteiger partial charge in [0.15, 0.2) is 5.11 Å². The first-order chi connectivity index (χ1) is 14.6. The van der Waals surface area contributed by atoms with Crippen LogP contribution in [-0.2, 0) is 4.74 Å². The number of piperidine rings is 2. The molecule has 1 aromatic rings. The first kappa shape index (κ1) is 21.6. The number of nitrogens with one attached hydrogen (secondary N) is 2. The Balaban J connectivity index is 1.49. The Morgan fingerprint density at radius 3 is 2.20 bits per heavy atom. The third-order valence-electron chi connectivity index (χ3n) is 6.40. The van der Waals surface area contributed by atoms with Gasteiger partial charge in [-0.1, -0.05) is 13.8 Å². The molecule has 0 bridgehead atoms. The van der Waals surface area contributed by atoms with Crippen molar-refractivity contribution in [1.82, 2.24) is 15.3 Å². The second-order valence-corrected chi connectivity index (χ2v) is 9.67. The third kappa shape index (κ3) is 5.72. The SMILES string of the molecule is CC1CCCN(c2cc(N3CCCC(C)C3)nc(NC(=S)NCC3CCCO3)n2)C1. The predicted octanol–water partition coefficient (Wildman–Crippen LogP) is 3.41. The predicted molar refractivity (Wildman–Crippen MR) is 126 cm³/mol. The Morgan fingerprint density at radius 1 is 1.03 bits per heavy atom. The smallest absolute Gasteiger partial charge is 0.232 e. The molecule has 8 heteroatoms. The molecule has 3 aliphatic heterocycles. The van der Waals surface area contributed by atoms with Gasteiger partial charge in [-0.15, -0.1) is 0 Å². The van der Waals surface area contributed by atoms with Gasteiger partial charge in [-0.2, -0.15) is 9.97 Å². The number of hydrogen-bond donors (Lipinski definition) is 2. The second kappa shape index (κ2) is 10.1. The van der Waals surface area contributed by atoms with Crippen LogP contribution in [0, 0.1) is 11.8 Å². The number of ether oxygens (including phenoxy) is 1. The van der Waals surface area contributed by atoms with Crippen LogP contribution in [0.5, 0.6) is 0 Å². The molecule has 30 heavy (non-hydrogen) atoms. The summed E-state index contributed by atoms with van der Waals surface area (Å²) < 4.78 is 5.68. The van der Waals surface area contributed by atoms with Gasteiger partial charge in [0, 0.05) is 45.4 Å². The zero-order valence-electron chi connectivity index (χ0n) is 18.4. The molecular weight excluding hydrogens is 396 g/mol. The molecule has 7 nitrogen and oxygen atoms in total. The van der Waals surface area contributed by atoms with Gasteiger partial charge in [0.25, 0.3) is 0 Å². The summed E-state index contributed by atoms with van der Waals surface area (Å²) in [6, 6.07) is 2.17. The van der Waals surface area contributed by atoms with Crippen LogP contribution in [0.2, 0.25) is 0 Å². The molecule has 0 spiro atoms. The van der Waals surface area contributed by atoms with Crippen molar-refractivity contribution in [2.75, 3.05) is 54.4 Å². The number of nitrogens with zero attached hydrogens (tertiary/aromatic N) is 4. The molecule has 0 radical (unpaired) electrons. The van der Waals surface area contributed by atoms with Crippen LogP contribution in [0.1, 0.15) is 52.4 Å². The van der Waals surface area contributed by atoms with Gasteiger partial charge in [0.05, 0.1) is 6.10 Å². The molecule has 2 N–H and O–H groups in total. The van der Waals surface area contributed by atoms with Gasteiger partial charge < -0.3 is 25.2 Å². The number of hydrogen-bond acceptors (Lipinski definition) is 6. The van der Waals surface area contributed by atoms with E-state index < -0.39 is 0 Å². The van der Waals surface area contributed by atoms with E-state index in [1.165, 1.54) is 25.7 Å². The molecule has 166 valence electrons. The van der Waals surface area contributed by atoms with Crippen molar-refractivity contribution in [1.29, 1.82) is 0 Å². The van der Waals surface area contributed by atoms with E-state index >= 15 is 0 Å². The number of rotatable bonds is 5. The summed E-state index contributed by atoms with van der Waals surface area (Å²) in [5.41, 5.74) is 0. The second-order valence-electron chi connectivity index (χ2n) is 9.26. The Morgan fingerprint density at radius 2 is 1.67 bits per heavy atom. The number of aromatic nitrogens is 2. The first-order valence-electron chi connectivity index (χ1n) is 11.6. The lowest BCUT2D eigenvalue weighted by atomic mass is 10.00. The lowest BCUT2D eigenvalue weighted by Gasteiger charge is -2.35. The molecule has 3 unspecified atom stereocenters. The van der Waals surface area contributed by atoms with E-state index in [1.807, 2.05) is 0 Å². The highest BCUT2D eigenvalue weighted by molar-refractivity contribution is 7.80.